The number of carbonyl (C=O) groups excluding carboxylic acids is 2. The Morgan fingerprint density at radius 3 is 2.72 bits per heavy atom. The molecule has 0 spiro atoms. The lowest BCUT2D eigenvalue weighted by Gasteiger charge is -2.30. The highest BCUT2D eigenvalue weighted by atomic mass is 16.6. The molecule has 96 valence electrons. The van der Waals surface area contributed by atoms with E-state index in [-0.39, 0.29) is 18.4 Å². The van der Waals surface area contributed by atoms with Crippen LogP contribution in [0.1, 0.15) is 6.92 Å². The molecule has 1 saturated heterocycles. The van der Waals surface area contributed by atoms with Crippen LogP contribution < -0.4 is 10.1 Å². The van der Waals surface area contributed by atoms with E-state index in [1.54, 1.807) is 19.1 Å². The number of esters is 1. The van der Waals surface area contributed by atoms with Crippen LogP contribution in [0.5, 0.6) is 5.75 Å². The van der Waals surface area contributed by atoms with Crippen molar-refractivity contribution in [2.45, 2.75) is 13.0 Å². The SMILES string of the molecule is CC(OC(=O)COc1ccccc1)C1CNC1=O. The summed E-state index contributed by atoms with van der Waals surface area (Å²) in [7, 11) is 0. The number of β-lactam (4-membered cyclic amide) rings is 1. The average Bonchev–Trinajstić information content (AvgIpc) is 2.35. The fraction of sp³-hybridized carbons (Fsp3) is 0.385. The number of para-hydroxylation sites is 1. The summed E-state index contributed by atoms with van der Waals surface area (Å²) in [5.74, 6) is -0.153. The molecule has 2 atom stereocenters. The van der Waals surface area contributed by atoms with Crippen LogP contribution in [-0.2, 0) is 14.3 Å². The number of rotatable bonds is 5. The number of hydrogen-bond donors (Lipinski definition) is 1. The number of benzene rings is 1. The summed E-state index contributed by atoms with van der Waals surface area (Å²) >= 11 is 0. The Labute approximate surface area is 105 Å². The van der Waals surface area contributed by atoms with E-state index in [2.05, 4.69) is 5.32 Å². The smallest absolute Gasteiger partial charge is 0.344 e. The molecule has 0 aliphatic carbocycles. The molecule has 1 aromatic rings. The van der Waals surface area contributed by atoms with Gasteiger partial charge in [0.2, 0.25) is 5.91 Å². The molecule has 1 amide bonds. The van der Waals surface area contributed by atoms with Crippen molar-refractivity contribution in [1.29, 1.82) is 0 Å². The Morgan fingerprint density at radius 1 is 1.44 bits per heavy atom. The van der Waals surface area contributed by atoms with Crippen molar-refractivity contribution in [2.24, 2.45) is 5.92 Å². The number of ether oxygens (including phenoxy) is 2. The predicted octanol–water partition coefficient (Wildman–Crippen LogP) is 0.743. The number of nitrogens with one attached hydrogen (secondary N) is 1. The minimum Gasteiger partial charge on any atom is -0.482 e. The summed E-state index contributed by atoms with van der Waals surface area (Å²) in [4.78, 5) is 22.6. The summed E-state index contributed by atoms with van der Waals surface area (Å²) in [6.45, 7) is 2.12. The first kappa shape index (κ1) is 12.4. The molecule has 0 saturated carbocycles. The third kappa shape index (κ3) is 3.00. The van der Waals surface area contributed by atoms with Gasteiger partial charge in [-0.15, -0.1) is 0 Å². The second kappa shape index (κ2) is 5.53. The fourth-order valence-corrected chi connectivity index (χ4v) is 1.66. The summed E-state index contributed by atoms with van der Waals surface area (Å²) in [5.41, 5.74) is 0. The maximum Gasteiger partial charge on any atom is 0.344 e. The van der Waals surface area contributed by atoms with Crippen molar-refractivity contribution in [1.82, 2.24) is 5.32 Å². The molecule has 1 aliphatic rings. The van der Waals surface area contributed by atoms with E-state index in [1.165, 1.54) is 0 Å². The Balaban J connectivity index is 1.73. The van der Waals surface area contributed by atoms with Crippen LogP contribution in [0, 0.1) is 5.92 Å². The van der Waals surface area contributed by atoms with Gasteiger partial charge in [-0.1, -0.05) is 18.2 Å². The standard InChI is InChI=1S/C13H15NO4/c1-9(11-7-14-13(11)16)18-12(15)8-17-10-5-3-2-4-6-10/h2-6,9,11H,7-8H2,1H3,(H,14,16). The number of amides is 1. The molecule has 5 heteroatoms. The normalized spacial score (nSPS) is 19.4. The second-order valence-electron chi connectivity index (χ2n) is 4.15. The van der Waals surface area contributed by atoms with Gasteiger partial charge < -0.3 is 14.8 Å². The zero-order valence-corrected chi connectivity index (χ0v) is 10.1. The first-order valence-electron chi connectivity index (χ1n) is 5.82. The molecule has 0 radical (unpaired) electrons. The maximum atomic E-state index is 11.5. The van der Waals surface area contributed by atoms with Gasteiger partial charge in [-0.25, -0.2) is 4.79 Å². The lowest BCUT2D eigenvalue weighted by Crippen LogP contribution is -2.54. The van der Waals surface area contributed by atoms with E-state index >= 15 is 0 Å². The first-order valence-corrected chi connectivity index (χ1v) is 5.82. The molecule has 0 bridgehead atoms. The van der Waals surface area contributed by atoms with Crippen molar-refractivity contribution < 1.29 is 19.1 Å². The topological polar surface area (TPSA) is 64.6 Å². The van der Waals surface area contributed by atoms with Crippen molar-refractivity contribution in [3.63, 3.8) is 0 Å². The molecule has 0 aromatic heterocycles. The molecule has 1 fully saturated rings. The van der Waals surface area contributed by atoms with E-state index in [0.29, 0.717) is 12.3 Å². The van der Waals surface area contributed by atoms with Gasteiger partial charge >= 0.3 is 5.97 Å². The van der Waals surface area contributed by atoms with Gasteiger partial charge in [0.15, 0.2) is 6.61 Å². The Bertz CT molecular complexity index is 432. The van der Waals surface area contributed by atoms with Crippen molar-refractivity contribution in [2.75, 3.05) is 13.2 Å². The lowest BCUT2D eigenvalue weighted by atomic mass is 9.96. The molecular formula is C13H15NO4. The zero-order valence-electron chi connectivity index (χ0n) is 10.1. The molecular weight excluding hydrogens is 234 g/mol. The number of carbonyl (C=O) groups is 2. The summed E-state index contributed by atoms with van der Waals surface area (Å²) in [5, 5.41) is 2.61. The molecule has 1 N–H and O–H groups in total. The third-order valence-electron chi connectivity index (χ3n) is 2.82. The summed E-state index contributed by atoms with van der Waals surface area (Å²) < 4.78 is 10.4. The highest BCUT2D eigenvalue weighted by Crippen LogP contribution is 2.14. The molecule has 2 unspecified atom stereocenters. The Kier molecular flexibility index (Phi) is 3.82. The average molecular weight is 249 g/mol. The van der Waals surface area contributed by atoms with Crippen LogP contribution in [0.4, 0.5) is 0 Å². The monoisotopic (exact) mass is 249 g/mol. The lowest BCUT2D eigenvalue weighted by molar-refractivity contribution is -0.157. The number of hydrogen-bond acceptors (Lipinski definition) is 4. The minimum atomic E-state index is -0.467. The minimum absolute atomic E-state index is 0.0701. The Hall–Kier alpha value is -2.04. The molecule has 1 heterocycles. The zero-order chi connectivity index (χ0) is 13.0. The van der Waals surface area contributed by atoms with E-state index in [1.807, 2.05) is 18.2 Å². The van der Waals surface area contributed by atoms with Crippen LogP contribution in [0.15, 0.2) is 30.3 Å². The van der Waals surface area contributed by atoms with Gasteiger partial charge in [-0.2, -0.15) is 0 Å². The third-order valence-corrected chi connectivity index (χ3v) is 2.82. The van der Waals surface area contributed by atoms with Gasteiger partial charge in [-0.3, -0.25) is 4.79 Å². The Morgan fingerprint density at radius 2 is 2.17 bits per heavy atom. The molecule has 18 heavy (non-hydrogen) atoms. The molecule has 1 aliphatic heterocycles. The summed E-state index contributed by atoms with van der Waals surface area (Å²) in [6, 6.07) is 9.03. The molecule has 1 aromatic carbocycles. The van der Waals surface area contributed by atoms with Crippen LogP contribution in [0.3, 0.4) is 0 Å². The highest BCUT2D eigenvalue weighted by Gasteiger charge is 2.35. The van der Waals surface area contributed by atoms with Crippen molar-refractivity contribution in [3.05, 3.63) is 30.3 Å². The van der Waals surface area contributed by atoms with Gasteiger partial charge in [0.25, 0.3) is 0 Å². The van der Waals surface area contributed by atoms with E-state index in [4.69, 9.17) is 9.47 Å². The van der Waals surface area contributed by atoms with Crippen LogP contribution in [0.25, 0.3) is 0 Å². The van der Waals surface area contributed by atoms with Gasteiger partial charge in [0.05, 0.1) is 5.92 Å². The first-order chi connectivity index (χ1) is 8.66. The van der Waals surface area contributed by atoms with Crippen LogP contribution in [-0.4, -0.2) is 31.1 Å². The van der Waals surface area contributed by atoms with E-state index < -0.39 is 12.1 Å². The largest absolute Gasteiger partial charge is 0.482 e. The highest BCUT2D eigenvalue weighted by molar-refractivity contribution is 5.85. The summed E-state index contributed by atoms with van der Waals surface area (Å²) in [6.07, 6.45) is -0.411. The van der Waals surface area contributed by atoms with E-state index in [9.17, 15) is 9.59 Å². The van der Waals surface area contributed by atoms with Gasteiger partial charge in [0.1, 0.15) is 11.9 Å². The van der Waals surface area contributed by atoms with Crippen molar-refractivity contribution >= 4 is 11.9 Å². The van der Waals surface area contributed by atoms with Crippen LogP contribution >= 0.6 is 0 Å². The van der Waals surface area contributed by atoms with Gasteiger partial charge in [0, 0.05) is 6.54 Å². The molecule has 5 nitrogen and oxygen atoms in total. The van der Waals surface area contributed by atoms with Gasteiger partial charge in [-0.05, 0) is 19.1 Å². The second-order valence-corrected chi connectivity index (χ2v) is 4.15. The maximum absolute atomic E-state index is 11.5. The fourth-order valence-electron chi connectivity index (χ4n) is 1.66. The van der Waals surface area contributed by atoms with E-state index in [0.717, 1.165) is 0 Å². The van der Waals surface area contributed by atoms with Crippen molar-refractivity contribution in [3.8, 4) is 5.75 Å². The van der Waals surface area contributed by atoms with Crippen LogP contribution in [0.2, 0.25) is 0 Å². The molecule has 2 rings (SSSR count). The predicted molar refractivity (Wildman–Crippen MR) is 64.0 cm³/mol. The quantitative estimate of drug-likeness (QED) is 0.617.